The van der Waals surface area contributed by atoms with Crippen LogP contribution in [0, 0.1) is 17.1 Å². The van der Waals surface area contributed by atoms with Gasteiger partial charge < -0.3 is 0 Å². The molecule has 1 fully saturated rings. The summed E-state index contributed by atoms with van der Waals surface area (Å²) in [6.45, 7) is 7.50. The number of nitrogens with one attached hydrogen (secondary N) is 1. The first-order chi connectivity index (χ1) is 11.5. The number of hydrogen-bond acceptors (Lipinski definition) is 3. The van der Waals surface area contributed by atoms with Gasteiger partial charge in [0.25, 0.3) is 0 Å². The zero-order valence-corrected chi connectivity index (χ0v) is 18.2. The molecule has 0 saturated heterocycles. The molecule has 2 rings (SSSR count). The van der Waals surface area contributed by atoms with Crippen LogP contribution in [0.4, 0.5) is 4.39 Å². The van der Waals surface area contributed by atoms with Crippen LogP contribution < -0.4 is 4.72 Å². The molecule has 0 aromatic heterocycles. The van der Waals surface area contributed by atoms with E-state index >= 15 is 0 Å². The van der Waals surface area contributed by atoms with Gasteiger partial charge in [0.15, 0.2) is 0 Å². The van der Waals surface area contributed by atoms with Gasteiger partial charge >= 0.3 is 0 Å². The van der Waals surface area contributed by atoms with Crippen LogP contribution in [0.5, 0.6) is 0 Å². The van der Waals surface area contributed by atoms with Gasteiger partial charge in [-0.1, -0.05) is 15.9 Å². The van der Waals surface area contributed by atoms with Gasteiger partial charge in [-0.2, -0.15) is 5.26 Å². The second-order valence-corrected chi connectivity index (χ2v) is 11.9. The molecule has 138 valence electrons. The Kier molecular flexibility index (Phi) is 6.41. The number of thioether (sulfide) groups is 1. The van der Waals surface area contributed by atoms with Crippen LogP contribution in [0.3, 0.4) is 0 Å². The highest BCUT2D eigenvalue weighted by Crippen LogP contribution is 2.46. The van der Waals surface area contributed by atoms with Crippen molar-refractivity contribution in [2.24, 2.45) is 0 Å². The molecule has 0 heterocycles. The smallest absolute Gasteiger partial charge is 0.128 e. The van der Waals surface area contributed by atoms with E-state index in [-0.39, 0.29) is 5.82 Å². The number of nitrogens with zero attached hydrogens (tertiary/aromatic N) is 1. The Morgan fingerprint density at radius 1 is 1.40 bits per heavy atom. The zero-order chi connectivity index (χ0) is 18.9. The lowest BCUT2D eigenvalue weighted by molar-refractivity contribution is 0.429. The summed E-state index contributed by atoms with van der Waals surface area (Å²) >= 11 is 4.93. The standard InChI is InChI=1S/C18H24BrFN2OS2/c1-16(2,3)25(23)22-17(4,12-24-18(11-21)8-5-9-18)14-10-13(19)6-7-15(14)20/h6-7,10,22H,5,8-9,12H2,1-4H3/t17-,25+/m0/s1. The summed E-state index contributed by atoms with van der Waals surface area (Å²) in [7, 11) is -1.36. The minimum Gasteiger partial charge on any atom is -0.242 e. The molecule has 1 N–H and O–H groups in total. The van der Waals surface area contributed by atoms with Gasteiger partial charge in [0.2, 0.25) is 0 Å². The van der Waals surface area contributed by atoms with Gasteiger partial charge in [-0.05, 0) is 65.2 Å². The van der Waals surface area contributed by atoms with Crippen LogP contribution in [0.1, 0.15) is 52.5 Å². The van der Waals surface area contributed by atoms with E-state index in [4.69, 9.17) is 0 Å². The molecule has 7 heteroatoms. The minimum absolute atomic E-state index is 0.343. The van der Waals surface area contributed by atoms with E-state index in [9.17, 15) is 13.9 Å². The number of rotatable bonds is 6. The average Bonchev–Trinajstić information content (AvgIpc) is 2.48. The number of benzene rings is 1. The van der Waals surface area contributed by atoms with Crippen molar-refractivity contribution in [3.05, 3.63) is 34.1 Å². The summed E-state index contributed by atoms with van der Waals surface area (Å²) < 4.78 is 30.3. The van der Waals surface area contributed by atoms with Crippen molar-refractivity contribution in [1.29, 1.82) is 5.26 Å². The first-order valence-corrected chi connectivity index (χ1v) is 11.1. The molecule has 0 radical (unpaired) electrons. The van der Waals surface area contributed by atoms with Gasteiger partial charge in [-0.3, -0.25) is 0 Å². The molecule has 3 nitrogen and oxygen atoms in total. The van der Waals surface area contributed by atoms with Crippen molar-refractivity contribution in [2.75, 3.05) is 5.75 Å². The molecule has 25 heavy (non-hydrogen) atoms. The summed E-state index contributed by atoms with van der Waals surface area (Å²) in [6.07, 6.45) is 2.75. The maximum atomic E-state index is 14.6. The monoisotopic (exact) mass is 446 g/mol. The predicted octanol–water partition coefficient (Wildman–Crippen LogP) is 5.03. The van der Waals surface area contributed by atoms with E-state index in [1.165, 1.54) is 17.8 Å². The second kappa shape index (κ2) is 7.67. The molecule has 0 aliphatic heterocycles. The molecular weight excluding hydrogens is 423 g/mol. The maximum absolute atomic E-state index is 14.6. The third-order valence-electron chi connectivity index (χ3n) is 4.40. The topological polar surface area (TPSA) is 52.9 Å². The lowest BCUT2D eigenvalue weighted by Gasteiger charge is -2.39. The molecule has 0 amide bonds. The summed E-state index contributed by atoms with van der Waals surface area (Å²) in [6, 6.07) is 7.19. The summed E-state index contributed by atoms with van der Waals surface area (Å²) in [4.78, 5) is 0. The molecule has 0 spiro atoms. The Balaban J connectivity index is 2.35. The summed E-state index contributed by atoms with van der Waals surface area (Å²) in [5.41, 5.74) is -0.393. The van der Waals surface area contributed by atoms with Crippen molar-refractivity contribution >= 4 is 38.7 Å². The molecule has 1 aromatic carbocycles. The van der Waals surface area contributed by atoms with E-state index in [1.807, 2.05) is 27.7 Å². The highest BCUT2D eigenvalue weighted by molar-refractivity contribution is 9.10. The Labute approximate surface area is 164 Å². The summed E-state index contributed by atoms with van der Waals surface area (Å²) in [5.74, 6) is 0.125. The highest BCUT2D eigenvalue weighted by atomic mass is 79.9. The van der Waals surface area contributed by atoms with Gasteiger partial charge in [0.05, 0.1) is 27.3 Å². The number of hydrogen-bond donors (Lipinski definition) is 1. The lowest BCUT2D eigenvalue weighted by Crippen LogP contribution is -2.49. The zero-order valence-electron chi connectivity index (χ0n) is 15.0. The number of halogens is 2. The van der Waals surface area contributed by atoms with Crippen molar-refractivity contribution < 1.29 is 8.60 Å². The van der Waals surface area contributed by atoms with Crippen molar-refractivity contribution in [3.8, 4) is 6.07 Å². The second-order valence-electron chi connectivity index (χ2n) is 7.69. The van der Waals surface area contributed by atoms with Crippen LogP contribution in [0.25, 0.3) is 0 Å². The Morgan fingerprint density at radius 3 is 2.52 bits per heavy atom. The lowest BCUT2D eigenvalue weighted by atomic mass is 9.86. The largest absolute Gasteiger partial charge is 0.242 e. The van der Waals surface area contributed by atoms with Gasteiger partial charge in [0.1, 0.15) is 10.6 Å². The molecule has 1 aliphatic carbocycles. The van der Waals surface area contributed by atoms with Crippen LogP contribution >= 0.6 is 27.7 Å². The van der Waals surface area contributed by atoms with E-state index in [2.05, 4.69) is 26.7 Å². The highest BCUT2D eigenvalue weighted by Gasteiger charge is 2.42. The molecule has 0 unspecified atom stereocenters. The van der Waals surface area contributed by atoms with E-state index in [0.717, 1.165) is 23.7 Å². The minimum atomic E-state index is -1.36. The fourth-order valence-electron chi connectivity index (χ4n) is 2.51. The quantitative estimate of drug-likeness (QED) is 0.665. The van der Waals surface area contributed by atoms with E-state index in [1.54, 1.807) is 12.1 Å². The van der Waals surface area contributed by atoms with Crippen LogP contribution in [0.2, 0.25) is 0 Å². The third-order valence-corrected chi connectivity index (χ3v) is 8.41. The van der Waals surface area contributed by atoms with Crippen LogP contribution in [-0.4, -0.2) is 19.5 Å². The first kappa shape index (κ1) is 20.9. The normalized spacial score (nSPS) is 20.2. The number of nitriles is 1. The van der Waals surface area contributed by atoms with Crippen molar-refractivity contribution in [1.82, 2.24) is 4.72 Å². The molecule has 2 atom stereocenters. The van der Waals surface area contributed by atoms with Gasteiger partial charge in [0, 0.05) is 15.8 Å². The molecule has 0 bridgehead atoms. The van der Waals surface area contributed by atoms with Crippen molar-refractivity contribution in [3.63, 3.8) is 0 Å². The SMILES string of the molecule is CC(C)(C)[S@@](=O)N[C@@](C)(CSC1(C#N)CCC1)c1cc(Br)ccc1F. The van der Waals surface area contributed by atoms with Crippen LogP contribution in [-0.2, 0) is 16.5 Å². The molecular formula is C18H24BrFN2OS2. The van der Waals surface area contributed by atoms with E-state index in [0.29, 0.717) is 11.3 Å². The molecule has 1 aromatic rings. The van der Waals surface area contributed by atoms with Gasteiger partial charge in [-0.25, -0.2) is 13.3 Å². The molecule has 1 saturated carbocycles. The third kappa shape index (κ3) is 4.85. The summed E-state index contributed by atoms with van der Waals surface area (Å²) in [5, 5.41) is 9.48. The molecule has 1 aliphatic rings. The maximum Gasteiger partial charge on any atom is 0.128 e. The van der Waals surface area contributed by atoms with Crippen molar-refractivity contribution in [2.45, 2.75) is 62.0 Å². The fourth-order valence-corrected chi connectivity index (χ4v) is 5.29. The Bertz CT molecular complexity index is 710. The van der Waals surface area contributed by atoms with Crippen LogP contribution in [0.15, 0.2) is 22.7 Å². The van der Waals surface area contributed by atoms with Gasteiger partial charge in [-0.15, -0.1) is 11.8 Å². The Hall–Kier alpha value is -0.420. The average molecular weight is 447 g/mol. The Morgan fingerprint density at radius 2 is 2.04 bits per heavy atom. The fraction of sp³-hybridized carbons (Fsp3) is 0.611. The predicted molar refractivity (Wildman–Crippen MR) is 107 cm³/mol. The first-order valence-electron chi connectivity index (χ1n) is 8.22. The van der Waals surface area contributed by atoms with E-state index < -0.39 is 26.0 Å².